The first-order valence-corrected chi connectivity index (χ1v) is 9.58. The number of H-pyrrole nitrogens is 1. The van der Waals surface area contributed by atoms with E-state index in [-0.39, 0.29) is 21.9 Å². The van der Waals surface area contributed by atoms with Crippen LogP contribution in [-0.2, 0) is 10.0 Å². The topological polar surface area (TPSA) is 120 Å². The summed E-state index contributed by atoms with van der Waals surface area (Å²) in [5.41, 5.74) is 0.282. The summed E-state index contributed by atoms with van der Waals surface area (Å²) >= 11 is 3.13. The Labute approximate surface area is 151 Å². The molecule has 1 amide bonds. The highest BCUT2D eigenvalue weighted by molar-refractivity contribution is 9.10. The number of aromatic amines is 1. The van der Waals surface area contributed by atoms with Crippen LogP contribution in [0.1, 0.15) is 40.4 Å². The van der Waals surface area contributed by atoms with Crippen molar-refractivity contribution >= 4 is 31.9 Å². The second-order valence-electron chi connectivity index (χ2n) is 5.68. The van der Waals surface area contributed by atoms with Gasteiger partial charge in [0.25, 0.3) is 15.9 Å². The number of amides is 1. The summed E-state index contributed by atoms with van der Waals surface area (Å²) in [6, 6.07) is 8.29. The van der Waals surface area contributed by atoms with Gasteiger partial charge in [-0.05, 0) is 43.0 Å². The Kier molecular flexibility index (Phi) is 4.49. The van der Waals surface area contributed by atoms with Gasteiger partial charge in [-0.2, -0.15) is 5.26 Å². The molecule has 0 aliphatic heterocycles. The maximum atomic E-state index is 12.4. The average Bonchev–Trinajstić information content (AvgIpc) is 3.38. The maximum absolute atomic E-state index is 12.4. The highest BCUT2D eigenvalue weighted by atomic mass is 79.9. The molecule has 0 spiro atoms. The lowest BCUT2D eigenvalue weighted by atomic mass is 10.2. The van der Waals surface area contributed by atoms with Gasteiger partial charge in [0.1, 0.15) is 0 Å². The Morgan fingerprint density at radius 1 is 1.24 bits per heavy atom. The predicted molar refractivity (Wildman–Crippen MR) is 92.5 cm³/mol. The smallest absolute Gasteiger partial charge is 0.265 e. The van der Waals surface area contributed by atoms with Gasteiger partial charge in [-0.3, -0.25) is 9.59 Å². The molecule has 0 radical (unpaired) electrons. The first kappa shape index (κ1) is 17.4. The summed E-state index contributed by atoms with van der Waals surface area (Å²) in [6.45, 7) is 0. The number of nitrogens with one attached hydrogen (secondary N) is 2. The zero-order chi connectivity index (χ0) is 18.2. The molecule has 0 atom stereocenters. The lowest BCUT2D eigenvalue weighted by Gasteiger charge is -2.09. The molecule has 25 heavy (non-hydrogen) atoms. The molecule has 2 N–H and O–H groups in total. The van der Waals surface area contributed by atoms with Crippen molar-refractivity contribution in [2.24, 2.45) is 0 Å². The first-order chi connectivity index (χ1) is 11.8. The Balaban J connectivity index is 1.91. The fourth-order valence-electron chi connectivity index (χ4n) is 2.33. The number of hydrogen-bond donors (Lipinski definition) is 2. The number of rotatable bonds is 4. The third-order valence-electron chi connectivity index (χ3n) is 3.68. The summed E-state index contributed by atoms with van der Waals surface area (Å²) in [7, 11) is -4.19. The highest BCUT2D eigenvalue weighted by Crippen LogP contribution is 2.38. The monoisotopic (exact) mass is 421 g/mol. The molecule has 1 saturated carbocycles. The van der Waals surface area contributed by atoms with Gasteiger partial charge in [0.05, 0.1) is 16.5 Å². The van der Waals surface area contributed by atoms with Gasteiger partial charge in [-0.15, -0.1) is 0 Å². The van der Waals surface area contributed by atoms with Crippen LogP contribution in [0.3, 0.4) is 0 Å². The van der Waals surface area contributed by atoms with Crippen molar-refractivity contribution in [2.45, 2.75) is 23.7 Å². The van der Waals surface area contributed by atoms with E-state index in [1.807, 2.05) is 10.8 Å². The molecule has 7 nitrogen and oxygen atoms in total. The summed E-state index contributed by atoms with van der Waals surface area (Å²) in [5, 5.41) is 8.94. The fourth-order valence-corrected chi connectivity index (χ4v) is 4.02. The molecule has 1 aliphatic carbocycles. The number of hydrogen-bond acceptors (Lipinski definition) is 5. The van der Waals surface area contributed by atoms with Crippen LogP contribution >= 0.6 is 15.9 Å². The molecule has 0 bridgehead atoms. The van der Waals surface area contributed by atoms with Crippen LogP contribution in [0.2, 0.25) is 0 Å². The van der Waals surface area contributed by atoms with Gasteiger partial charge in [0, 0.05) is 21.8 Å². The number of benzene rings is 1. The second kappa shape index (κ2) is 6.46. The summed E-state index contributed by atoms with van der Waals surface area (Å²) in [4.78, 5) is 26.4. The average molecular weight is 422 g/mol. The second-order valence-corrected chi connectivity index (χ2v) is 8.28. The van der Waals surface area contributed by atoms with E-state index in [2.05, 4.69) is 20.9 Å². The van der Waals surface area contributed by atoms with E-state index >= 15 is 0 Å². The van der Waals surface area contributed by atoms with Crippen molar-refractivity contribution in [3.63, 3.8) is 0 Å². The van der Waals surface area contributed by atoms with Crippen molar-refractivity contribution in [3.05, 3.63) is 62.0 Å². The van der Waals surface area contributed by atoms with Gasteiger partial charge in [0.15, 0.2) is 0 Å². The summed E-state index contributed by atoms with van der Waals surface area (Å²) in [5.74, 6) is -0.688. The number of sulfonamides is 1. The van der Waals surface area contributed by atoms with Crippen LogP contribution in [-0.4, -0.2) is 19.3 Å². The van der Waals surface area contributed by atoms with Crippen LogP contribution < -0.4 is 10.3 Å². The van der Waals surface area contributed by atoms with E-state index in [0.29, 0.717) is 10.2 Å². The minimum atomic E-state index is -4.19. The van der Waals surface area contributed by atoms with E-state index < -0.39 is 21.5 Å². The van der Waals surface area contributed by atoms with Crippen LogP contribution in [0.25, 0.3) is 0 Å². The Hall–Kier alpha value is -2.44. The number of nitriles is 1. The zero-order valence-corrected chi connectivity index (χ0v) is 15.1. The minimum Gasteiger partial charge on any atom is -0.326 e. The van der Waals surface area contributed by atoms with E-state index in [4.69, 9.17) is 5.26 Å². The molecule has 1 aromatic carbocycles. The number of pyridine rings is 1. The zero-order valence-electron chi connectivity index (χ0n) is 12.7. The van der Waals surface area contributed by atoms with Crippen molar-refractivity contribution < 1.29 is 13.2 Å². The van der Waals surface area contributed by atoms with E-state index in [9.17, 15) is 18.0 Å². The number of carbonyl (C=O) groups excluding carboxylic acids is 1. The van der Waals surface area contributed by atoms with Crippen LogP contribution in [0.4, 0.5) is 0 Å². The molecule has 1 aliphatic rings. The summed E-state index contributed by atoms with van der Waals surface area (Å²) in [6.07, 6.45) is 1.85. The Bertz CT molecular complexity index is 1070. The lowest BCUT2D eigenvalue weighted by molar-refractivity contribution is 0.0981. The van der Waals surface area contributed by atoms with E-state index in [1.165, 1.54) is 18.2 Å². The third kappa shape index (κ3) is 3.97. The number of carbonyl (C=O) groups is 1. The third-order valence-corrected chi connectivity index (χ3v) is 5.45. The lowest BCUT2D eigenvalue weighted by Crippen LogP contribution is -2.31. The molecule has 2 aromatic rings. The largest absolute Gasteiger partial charge is 0.326 e. The highest BCUT2D eigenvalue weighted by Gasteiger charge is 2.26. The minimum absolute atomic E-state index is 0.0234. The number of halogens is 1. The number of nitrogens with zero attached hydrogens (tertiary/aromatic N) is 1. The fraction of sp³-hybridized carbons (Fsp3) is 0.188. The van der Waals surface area contributed by atoms with Crippen LogP contribution in [0, 0.1) is 11.3 Å². The van der Waals surface area contributed by atoms with Crippen LogP contribution in [0.15, 0.2) is 44.5 Å². The van der Waals surface area contributed by atoms with Crippen molar-refractivity contribution in [1.82, 2.24) is 9.71 Å². The molecule has 1 fully saturated rings. The van der Waals surface area contributed by atoms with Gasteiger partial charge in [-0.1, -0.05) is 15.9 Å². The molecule has 1 heterocycles. The van der Waals surface area contributed by atoms with Crippen LogP contribution in [0.5, 0.6) is 0 Å². The normalized spacial score (nSPS) is 13.9. The molecule has 128 valence electrons. The molecule has 0 saturated heterocycles. The SMILES string of the molecule is N#Cc1cc(Br)cc(S(=O)(=O)NC(=O)c2cc(C3CC3)[nH]c(=O)c2)c1. The van der Waals surface area contributed by atoms with Crippen molar-refractivity contribution in [2.75, 3.05) is 0 Å². The van der Waals surface area contributed by atoms with Gasteiger partial charge in [0.2, 0.25) is 5.56 Å². The molecule has 9 heteroatoms. The van der Waals surface area contributed by atoms with Crippen molar-refractivity contribution in [1.29, 1.82) is 5.26 Å². The summed E-state index contributed by atoms with van der Waals surface area (Å²) < 4.78 is 27.1. The van der Waals surface area contributed by atoms with Gasteiger partial charge >= 0.3 is 0 Å². The molecule has 0 unspecified atom stereocenters. The van der Waals surface area contributed by atoms with Gasteiger partial charge in [-0.25, -0.2) is 13.1 Å². The standard InChI is InChI=1S/C16H12BrN3O4S/c17-12-3-9(8-18)4-13(7-12)25(23,24)20-16(22)11-5-14(10-1-2-10)19-15(21)6-11/h3-7,10H,1-2H2,(H,19,21)(H,20,22). The Morgan fingerprint density at radius 3 is 2.60 bits per heavy atom. The predicted octanol–water partition coefficient (Wildman–Crippen LogP) is 2.01. The molecule has 3 rings (SSSR count). The molecular weight excluding hydrogens is 410 g/mol. The molecular formula is C16H12BrN3O4S. The molecule has 1 aromatic heterocycles. The Morgan fingerprint density at radius 2 is 1.96 bits per heavy atom. The van der Waals surface area contributed by atoms with E-state index in [1.54, 1.807) is 0 Å². The number of aromatic nitrogens is 1. The first-order valence-electron chi connectivity index (χ1n) is 7.30. The van der Waals surface area contributed by atoms with Gasteiger partial charge < -0.3 is 4.98 Å². The van der Waals surface area contributed by atoms with Crippen molar-refractivity contribution in [3.8, 4) is 6.07 Å². The quantitative estimate of drug-likeness (QED) is 0.781. The van der Waals surface area contributed by atoms with E-state index in [0.717, 1.165) is 25.0 Å². The maximum Gasteiger partial charge on any atom is 0.265 e.